The molecule has 0 bridgehead atoms. The Hall–Kier alpha value is -11.3. The van der Waals surface area contributed by atoms with Gasteiger partial charge in [-0.25, -0.2) is 0 Å². The van der Waals surface area contributed by atoms with Crippen molar-refractivity contribution in [3.8, 4) is 0 Å². The summed E-state index contributed by atoms with van der Waals surface area (Å²) in [4.78, 5) is 224. The van der Waals surface area contributed by atoms with Gasteiger partial charge in [0.1, 0.15) is 66.5 Å². The van der Waals surface area contributed by atoms with E-state index in [1.165, 1.54) is 16.7 Å². The van der Waals surface area contributed by atoms with Crippen LogP contribution in [0, 0.1) is 11.8 Å². The summed E-state index contributed by atoms with van der Waals surface area (Å²) in [5.41, 5.74) is 14.8. The summed E-state index contributed by atoms with van der Waals surface area (Å²) < 4.78 is 0. The summed E-state index contributed by atoms with van der Waals surface area (Å²) in [7, 11) is 0. The number of unbranched alkanes of at least 4 members (excludes halogenated alkanes) is 2. The third-order valence-corrected chi connectivity index (χ3v) is 20.9. The Morgan fingerprint density at radius 1 is 0.447 bits per heavy atom. The number of H-pyrrole nitrogens is 2. The lowest BCUT2D eigenvalue weighted by Crippen LogP contribution is -2.62. The highest BCUT2D eigenvalue weighted by Crippen LogP contribution is 2.26. The molecule has 13 atom stereocenters. The molecule has 0 saturated carbocycles. The Balaban J connectivity index is 1.11. The van der Waals surface area contributed by atoms with Gasteiger partial charge in [0.2, 0.25) is 82.7 Å². The van der Waals surface area contributed by atoms with E-state index in [4.69, 9.17) is 11.5 Å². The first kappa shape index (κ1) is 88.2. The van der Waals surface area contributed by atoms with E-state index in [1.807, 2.05) is 0 Å². The number of carboxylic acid groups (broad SMARTS) is 1. The number of hydrogen-bond donors (Lipinski definition) is 18. The minimum absolute atomic E-state index is 0.0117. The molecule has 3 aromatic carbocycles. The van der Waals surface area contributed by atoms with Crippen LogP contribution in [0.3, 0.4) is 0 Å². The number of aromatic nitrogens is 2. The maximum absolute atomic E-state index is 14.9. The molecule has 618 valence electrons. The third-order valence-electron chi connectivity index (χ3n) is 20.9. The maximum atomic E-state index is 14.9. The number of aromatic amines is 2. The molecule has 35 heteroatoms. The van der Waals surface area contributed by atoms with Gasteiger partial charge in [-0.05, 0) is 131 Å². The molecule has 20 N–H and O–H groups in total. The molecule has 14 amide bonds. The number of para-hydroxylation sites is 2. The van der Waals surface area contributed by atoms with Crippen molar-refractivity contribution in [2.24, 2.45) is 23.3 Å². The number of rotatable bonds is 21. The van der Waals surface area contributed by atoms with E-state index < -0.39 is 206 Å². The smallest absolute Gasteiger partial charge is 0.303 e. The first-order valence-corrected chi connectivity index (χ1v) is 39.2. The number of amides is 14. The van der Waals surface area contributed by atoms with Gasteiger partial charge in [0.15, 0.2) is 0 Å². The monoisotopic (exact) mass is 1580 g/mol. The zero-order chi connectivity index (χ0) is 82.7. The Bertz CT molecular complexity index is 4230. The lowest BCUT2D eigenvalue weighted by molar-refractivity contribution is -0.143. The Morgan fingerprint density at radius 3 is 1.35 bits per heavy atom. The molecule has 0 unspecified atom stereocenters. The molecule has 3 saturated heterocycles. The van der Waals surface area contributed by atoms with Crippen LogP contribution >= 0.6 is 0 Å². The van der Waals surface area contributed by atoms with Crippen molar-refractivity contribution in [3.05, 3.63) is 108 Å². The van der Waals surface area contributed by atoms with Gasteiger partial charge in [-0.1, -0.05) is 101 Å². The molecule has 0 spiro atoms. The zero-order valence-corrected chi connectivity index (χ0v) is 65.1. The lowest BCUT2D eigenvalue weighted by atomic mass is 9.96. The first-order chi connectivity index (χ1) is 54.6. The van der Waals surface area contributed by atoms with Gasteiger partial charge < -0.3 is 105 Å². The van der Waals surface area contributed by atoms with Crippen molar-refractivity contribution >= 4 is 110 Å². The van der Waals surface area contributed by atoms with Crippen LogP contribution in [0.15, 0.2) is 91.3 Å². The largest absolute Gasteiger partial charge is 0.481 e. The summed E-state index contributed by atoms with van der Waals surface area (Å²) in [5, 5.41) is 54.1. The number of aliphatic hydroxyl groups excluding tert-OH is 1. The number of benzene rings is 3. The molecule has 0 aliphatic carbocycles. The number of nitrogens with two attached hydrogens (primary N) is 2. The van der Waals surface area contributed by atoms with E-state index in [9.17, 15) is 82.1 Å². The molecule has 5 aromatic rings. The molecule has 2 aromatic heterocycles. The molecular weight excluding hydrogens is 1470 g/mol. The van der Waals surface area contributed by atoms with Crippen LogP contribution in [-0.2, 0) is 91.2 Å². The fourth-order valence-electron chi connectivity index (χ4n) is 14.3. The highest BCUT2D eigenvalue weighted by atomic mass is 16.4. The van der Waals surface area contributed by atoms with Gasteiger partial charge in [0, 0.05) is 73.0 Å². The van der Waals surface area contributed by atoms with Crippen LogP contribution in [-0.4, -0.2) is 237 Å². The summed E-state index contributed by atoms with van der Waals surface area (Å²) >= 11 is 0. The summed E-state index contributed by atoms with van der Waals surface area (Å²) in [6.45, 7) is 6.21. The van der Waals surface area contributed by atoms with Gasteiger partial charge in [0.05, 0.1) is 25.7 Å². The van der Waals surface area contributed by atoms with Gasteiger partial charge in [-0.3, -0.25) is 71.9 Å². The number of nitrogens with zero attached hydrogens (tertiary/aromatic N) is 2. The predicted molar refractivity (Wildman–Crippen MR) is 419 cm³/mol. The van der Waals surface area contributed by atoms with Gasteiger partial charge in [0.25, 0.3) is 0 Å². The Kier molecular flexibility index (Phi) is 33.3. The average Bonchev–Trinajstić information content (AvgIpc) is 1.58. The van der Waals surface area contributed by atoms with Crippen LogP contribution in [0.5, 0.6) is 0 Å². The van der Waals surface area contributed by atoms with Crippen LogP contribution < -0.4 is 75.3 Å². The second-order valence-corrected chi connectivity index (χ2v) is 29.7. The minimum Gasteiger partial charge on any atom is -0.481 e. The van der Waals surface area contributed by atoms with E-state index >= 15 is 0 Å². The molecule has 35 nitrogen and oxygen atoms in total. The van der Waals surface area contributed by atoms with Crippen molar-refractivity contribution in [1.29, 1.82) is 0 Å². The molecule has 3 fully saturated rings. The summed E-state index contributed by atoms with van der Waals surface area (Å²) in [5.74, 6) is -14.7. The average molecular weight is 1580 g/mol. The van der Waals surface area contributed by atoms with Gasteiger partial charge >= 0.3 is 5.97 Å². The zero-order valence-electron chi connectivity index (χ0n) is 65.1. The highest BCUT2D eigenvalue weighted by molar-refractivity contribution is 6.01. The summed E-state index contributed by atoms with van der Waals surface area (Å²) in [6, 6.07) is 7.05. The lowest BCUT2D eigenvalue weighted by Gasteiger charge is -2.32. The SMILES string of the molecule is CC[C@H](C)[C@@H]1NC(=O)[C@H]([C@@H](C)O)NC(=O)[C@H](Cc2c[nH]c3ccccc23)NC(=O)[C@H](CCCCN)NC(=O)CNC(=O)[C@H]2CCCN2C(=O)[C@H](C(C)C)NC(=O)[C@H](Cc2c[nH]c3ccccc23)NC(=O)CNC(=O)[C@H](Cc2ccccc2)NC(=O)[C@H](CCC(=O)O)NC(=O)CNC(=O)[C@H]2CCCN2C(=O)[C@H](CCCCN)NC1=O. The maximum Gasteiger partial charge on any atom is 0.303 e. The quantitative estimate of drug-likeness (QED) is 0.0375. The van der Waals surface area contributed by atoms with Gasteiger partial charge in [-0.15, -0.1) is 0 Å². The second-order valence-electron chi connectivity index (χ2n) is 29.7. The van der Waals surface area contributed by atoms with Gasteiger partial charge in [-0.2, -0.15) is 0 Å². The van der Waals surface area contributed by atoms with Crippen LogP contribution in [0.1, 0.15) is 135 Å². The van der Waals surface area contributed by atoms with Crippen LogP contribution in [0.4, 0.5) is 0 Å². The molecule has 3 aliphatic rings. The van der Waals surface area contributed by atoms with Crippen molar-refractivity contribution in [1.82, 2.24) is 83.6 Å². The number of aliphatic hydroxyl groups is 1. The number of aliphatic carboxylic acids is 1. The molecule has 3 aliphatic heterocycles. The van der Waals surface area contributed by atoms with Crippen LogP contribution in [0.2, 0.25) is 0 Å². The fourth-order valence-corrected chi connectivity index (χ4v) is 14.3. The Labute approximate surface area is 660 Å². The number of carbonyl (C=O) groups is 15. The predicted octanol–water partition coefficient (Wildman–Crippen LogP) is -1.41. The van der Waals surface area contributed by atoms with E-state index in [0.29, 0.717) is 77.0 Å². The topological polar surface area (TPSA) is 531 Å². The number of carbonyl (C=O) groups excluding carboxylic acids is 14. The van der Waals surface area contributed by atoms with Crippen molar-refractivity contribution in [3.63, 3.8) is 0 Å². The summed E-state index contributed by atoms with van der Waals surface area (Å²) in [6.07, 6.45) is 2.53. The minimum atomic E-state index is -1.79. The first-order valence-electron chi connectivity index (χ1n) is 39.2. The molecule has 114 heavy (non-hydrogen) atoms. The van der Waals surface area contributed by atoms with Crippen LogP contribution in [0.25, 0.3) is 21.8 Å². The Morgan fingerprint density at radius 2 is 0.860 bits per heavy atom. The molecule has 8 rings (SSSR count). The van der Waals surface area contributed by atoms with Crippen molar-refractivity contribution in [2.45, 2.75) is 210 Å². The third kappa shape index (κ3) is 24.8. The molecular formula is C79H110N18O17. The fraction of sp³-hybridized carbons (Fsp3) is 0.532. The van der Waals surface area contributed by atoms with Crippen molar-refractivity contribution < 1.29 is 82.1 Å². The highest BCUT2D eigenvalue weighted by Gasteiger charge is 2.43. The van der Waals surface area contributed by atoms with Crippen molar-refractivity contribution in [2.75, 3.05) is 45.8 Å². The molecule has 5 heterocycles. The molecule has 0 radical (unpaired) electrons. The van der Waals surface area contributed by atoms with E-state index in [0.717, 1.165) is 0 Å². The number of fused-ring (bicyclic) bond motifs is 4. The number of nitrogens with one attached hydrogen (secondary N) is 14. The standard InChI is InChI=1S/C79H110N18O17/c1-6-45(4)67-76(111)90-56(27-15-17-33-81)78(113)96-34-18-28-60(96)74(109)85-43-63(100)88-55(30-31-65(102)103)71(106)91-57(36-47-20-8-7-9-21-47)69(104)84-41-64(101)89-58(37-48-39-82-52-24-12-10-22-50(48)52)72(107)93-66(44(2)3)79(114)97-35-19-29-61(97)75(110)86-42-62(99)87-54(26-14-16-32-80)70(105)92-59(73(108)95-68(46(5)98)77(112)94-67)38-49-40-83-53-25-13-11-23-51(49)53/h7-13,20-25,39-40,44-46,54-61,66-68,82-83,98H,6,14-19,26-38,41-43,80-81H2,1-5H3,(H,84,104)(H,85,109)(H,86,110)(H,87,99)(H,88,100)(H,89,101)(H,90,111)(H,91,106)(H,92,105)(H,93,107)(H,94,112)(H,95,108)(H,102,103)/t45-,46+,54-,55-,56-,57-,58-,59-,60+,61+,66-,67-,68-/m0/s1. The van der Waals surface area contributed by atoms with E-state index in [1.54, 1.807) is 119 Å². The normalized spacial score (nSPS) is 24.7. The second kappa shape index (κ2) is 43.1. The van der Waals surface area contributed by atoms with E-state index in [-0.39, 0.29) is 77.5 Å². The van der Waals surface area contributed by atoms with E-state index in [2.05, 4.69) is 73.8 Å². The number of hydrogen-bond acceptors (Lipinski definition) is 18. The number of carboxylic acids is 1.